The lowest BCUT2D eigenvalue weighted by molar-refractivity contribution is -0.120. The first-order valence-electron chi connectivity index (χ1n) is 9.85. The minimum absolute atomic E-state index is 0.0684. The molecule has 2 N–H and O–H groups in total. The van der Waals surface area contributed by atoms with E-state index in [1.165, 1.54) is 18.1 Å². The van der Waals surface area contributed by atoms with Crippen LogP contribution in [-0.2, 0) is 16.0 Å². The molecule has 3 aromatic rings. The topological polar surface area (TPSA) is 127 Å². The van der Waals surface area contributed by atoms with Crippen LogP contribution in [0.5, 0.6) is 5.75 Å². The Hall–Kier alpha value is -4.21. The Labute approximate surface area is 183 Å². The van der Waals surface area contributed by atoms with Crippen molar-refractivity contribution < 1.29 is 23.9 Å². The molecule has 0 unspecified atom stereocenters. The molecule has 2 amide bonds. The Morgan fingerprint density at radius 1 is 1.25 bits per heavy atom. The Bertz CT molecular complexity index is 1160. The molecule has 2 heterocycles. The van der Waals surface area contributed by atoms with Gasteiger partial charge in [-0.05, 0) is 23.8 Å². The molecule has 164 valence electrons. The van der Waals surface area contributed by atoms with E-state index in [1.807, 2.05) is 30.3 Å². The Balaban J connectivity index is 1.46. The first-order chi connectivity index (χ1) is 15.5. The molecule has 1 aliphatic rings. The summed E-state index contributed by atoms with van der Waals surface area (Å²) in [6.07, 6.45) is 0.493. The summed E-state index contributed by atoms with van der Waals surface area (Å²) in [7, 11) is 2.82. The number of hydrogen-bond donors (Lipinski definition) is 2. The van der Waals surface area contributed by atoms with Gasteiger partial charge in [0.25, 0.3) is 11.8 Å². The maximum atomic E-state index is 12.9. The van der Waals surface area contributed by atoms with Gasteiger partial charge in [-0.2, -0.15) is 0 Å². The van der Waals surface area contributed by atoms with Gasteiger partial charge < -0.3 is 19.7 Å². The van der Waals surface area contributed by atoms with Crippen LogP contribution in [0.15, 0.2) is 48.5 Å². The van der Waals surface area contributed by atoms with Crippen molar-refractivity contribution in [2.75, 3.05) is 25.7 Å². The lowest BCUT2D eigenvalue weighted by Gasteiger charge is -2.20. The van der Waals surface area contributed by atoms with Gasteiger partial charge in [-0.15, -0.1) is 5.10 Å². The summed E-state index contributed by atoms with van der Waals surface area (Å²) in [5.41, 5.74) is 1.70. The number of methoxy groups -OCH3 is 1. The number of anilines is 1. The molecule has 1 aliphatic heterocycles. The number of nitrogens with one attached hydrogen (secondary N) is 2. The van der Waals surface area contributed by atoms with Crippen LogP contribution in [0.1, 0.15) is 32.4 Å². The molecule has 0 saturated heterocycles. The van der Waals surface area contributed by atoms with E-state index in [2.05, 4.69) is 20.5 Å². The Morgan fingerprint density at radius 3 is 2.78 bits per heavy atom. The van der Waals surface area contributed by atoms with Crippen LogP contribution < -0.4 is 15.0 Å². The number of benzene rings is 2. The number of carbonyl (C=O) groups is 3. The van der Waals surface area contributed by atoms with E-state index in [0.717, 1.165) is 5.56 Å². The van der Waals surface area contributed by atoms with E-state index in [1.54, 1.807) is 19.2 Å². The van der Waals surface area contributed by atoms with Crippen molar-refractivity contribution in [1.29, 1.82) is 0 Å². The fraction of sp³-hybridized carbons (Fsp3) is 0.227. The highest BCUT2D eigenvalue weighted by Gasteiger charge is 2.32. The molecule has 10 heteroatoms. The third-order valence-electron chi connectivity index (χ3n) is 5.03. The summed E-state index contributed by atoms with van der Waals surface area (Å²) in [6.45, 7) is -0.0826. The number of H-pyrrole nitrogens is 1. The number of nitrogens with zero attached hydrogens (tertiary/aromatic N) is 3. The Morgan fingerprint density at radius 2 is 2.03 bits per heavy atom. The van der Waals surface area contributed by atoms with Crippen LogP contribution in [0.25, 0.3) is 0 Å². The van der Waals surface area contributed by atoms with Gasteiger partial charge in [-0.3, -0.25) is 14.7 Å². The molecule has 0 spiro atoms. The van der Waals surface area contributed by atoms with Gasteiger partial charge in [0.1, 0.15) is 24.2 Å². The number of amides is 2. The molecule has 0 saturated carbocycles. The van der Waals surface area contributed by atoms with Gasteiger partial charge in [0.15, 0.2) is 0 Å². The molecule has 1 aromatic heterocycles. The molecule has 0 aliphatic carbocycles. The molecular weight excluding hydrogens is 414 g/mol. The van der Waals surface area contributed by atoms with Crippen LogP contribution in [0.4, 0.5) is 5.69 Å². The zero-order valence-electron chi connectivity index (χ0n) is 17.5. The van der Waals surface area contributed by atoms with Gasteiger partial charge in [0.2, 0.25) is 5.82 Å². The molecule has 4 rings (SSSR count). The van der Waals surface area contributed by atoms with Gasteiger partial charge in [0, 0.05) is 13.5 Å². The largest absolute Gasteiger partial charge is 0.489 e. The number of aromatic amines is 1. The molecule has 0 fully saturated rings. The molecule has 10 nitrogen and oxygen atoms in total. The first-order valence-corrected chi connectivity index (χ1v) is 9.85. The smallest absolute Gasteiger partial charge is 0.337 e. The second-order valence-electron chi connectivity index (χ2n) is 7.18. The zero-order valence-corrected chi connectivity index (χ0v) is 17.5. The molecule has 0 radical (unpaired) electrons. The quantitative estimate of drug-likeness (QED) is 0.579. The molecule has 1 atom stereocenters. The highest BCUT2D eigenvalue weighted by atomic mass is 16.5. The van der Waals surface area contributed by atoms with E-state index in [9.17, 15) is 14.4 Å². The molecule has 32 heavy (non-hydrogen) atoms. The van der Waals surface area contributed by atoms with Gasteiger partial charge in [-0.25, -0.2) is 9.78 Å². The van der Waals surface area contributed by atoms with Crippen molar-refractivity contribution in [3.8, 4) is 5.75 Å². The minimum Gasteiger partial charge on any atom is -0.489 e. The van der Waals surface area contributed by atoms with Crippen molar-refractivity contribution in [3.05, 3.63) is 71.3 Å². The number of aromatic nitrogens is 3. The van der Waals surface area contributed by atoms with E-state index >= 15 is 0 Å². The normalized spacial score (nSPS) is 15.4. The second-order valence-corrected chi connectivity index (χ2v) is 7.18. The number of ether oxygens (including phenoxy) is 2. The number of carbonyl (C=O) groups excluding carboxylic acids is 3. The number of rotatable bonds is 5. The predicted molar refractivity (Wildman–Crippen MR) is 114 cm³/mol. The summed E-state index contributed by atoms with van der Waals surface area (Å²) in [5, 5.41) is 9.33. The van der Waals surface area contributed by atoms with Crippen LogP contribution >= 0.6 is 0 Å². The van der Waals surface area contributed by atoms with Crippen LogP contribution in [0, 0.1) is 0 Å². The third-order valence-corrected chi connectivity index (χ3v) is 5.03. The van der Waals surface area contributed by atoms with E-state index in [-0.39, 0.29) is 18.0 Å². The van der Waals surface area contributed by atoms with Gasteiger partial charge in [0.05, 0.1) is 18.4 Å². The number of hydrogen-bond acceptors (Lipinski definition) is 7. The second kappa shape index (κ2) is 8.88. The summed E-state index contributed by atoms with van der Waals surface area (Å²) in [5.74, 6) is -0.658. The monoisotopic (exact) mass is 435 g/mol. The number of esters is 1. The maximum absolute atomic E-state index is 12.9. The van der Waals surface area contributed by atoms with Crippen molar-refractivity contribution >= 4 is 23.5 Å². The van der Waals surface area contributed by atoms with E-state index < -0.39 is 23.8 Å². The fourth-order valence-corrected chi connectivity index (χ4v) is 3.33. The number of fused-ring (bicyclic) bond motifs is 1. The lowest BCUT2D eigenvalue weighted by atomic mass is 10.1. The molecular formula is C22H21N5O5. The van der Waals surface area contributed by atoms with Crippen molar-refractivity contribution in [3.63, 3.8) is 0 Å². The highest BCUT2D eigenvalue weighted by molar-refractivity contribution is 6.03. The fourth-order valence-electron chi connectivity index (χ4n) is 3.33. The summed E-state index contributed by atoms with van der Waals surface area (Å²) in [4.78, 5) is 43.0. The SMILES string of the molecule is COC(=O)c1ccc2c(c1)N(C)C(=O)[C@@H](NC(=O)c1n[nH]c(Cc3ccccc3)n1)CO2. The van der Waals surface area contributed by atoms with Crippen LogP contribution in [0.3, 0.4) is 0 Å². The van der Waals surface area contributed by atoms with Crippen molar-refractivity contribution in [1.82, 2.24) is 20.5 Å². The zero-order chi connectivity index (χ0) is 22.7. The highest BCUT2D eigenvalue weighted by Crippen LogP contribution is 2.31. The van der Waals surface area contributed by atoms with Crippen LogP contribution in [-0.4, -0.2) is 59.8 Å². The average molecular weight is 435 g/mol. The van der Waals surface area contributed by atoms with Gasteiger partial charge >= 0.3 is 5.97 Å². The third kappa shape index (κ3) is 4.29. The van der Waals surface area contributed by atoms with E-state index in [4.69, 9.17) is 9.47 Å². The molecule has 0 bridgehead atoms. The Kier molecular flexibility index (Phi) is 5.84. The predicted octanol–water partition coefficient (Wildman–Crippen LogP) is 1.34. The van der Waals surface area contributed by atoms with Gasteiger partial charge in [-0.1, -0.05) is 30.3 Å². The lowest BCUT2D eigenvalue weighted by Crippen LogP contribution is -2.49. The van der Waals surface area contributed by atoms with Crippen LogP contribution in [0.2, 0.25) is 0 Å². The standard InChI is InChI=1S/C22H21N5O5/c1-27-16-11-14(22(30)31-2)8-9-17(16)32-12-15(21(27)29)23-20(28)19-24-18(25-26-19)10-13-6-4-3-5-7-13/h3-9,11,15H,10,12H2,1-2H3,(H,23,28)(H,24,25,26)/t15-/m0/s1. The molecule has 2 aromatic carbocycles. The average Bonchev–Trinajstić information content (AvgIpc) is 3.25. The van der Waals surface area contributed by atoms with E-state index in [0.29, 0.717) is 23.7 Å². The maximum Gasteiger partial charge on any atom is 0.337 e. The minimum atomic E-state index is -0.961. The van der Waals surface area contributed by atoms with Crippen molar-refractivity contribution in [2.24, 2.45) is 0 Å². The van der Waals surface area contributed by atoms with Crippen molar-refractivity contribution in [2.45, 2.75) is 12.5 Å². The summed E-state index contributed by atoms with van der Waals surface area (Å²) in [6, 6.07) is 13.3. The number of likely N-dealkylation sites (N-methyl/N-ethyl adjacent to an activating group) is 1. The first kappa shape index (κ1) is 21.0. The summed E-state index contributed by atoms with van der Waals surface area (Å²) >= 11 is 0. The summed E-state index contributed by atoms with van der Waals surface area (Å²) < 4.78 is 10.4.